The Bertz CT molecular complexity index is 295. The zero-order valence-corrected chi connectivity index (χ0v) is 15.7. The normalized spacial score (nSPS) is 29.5. The molecule has 0 aromatic heterocycles. The Balaban J connectivity index is 0.000000449. The predicted molar refractivity (Wildman–Crippen MR) is 103 cm³/mol. The molecule has 3 atom stereocenters. The van der Waals surface area contributed by atoms with Crippen LogP contribution in [0.5, 0.6) is 0 Å². The van der Waals surface area contributed by atoms with Crippen molar-refractivity contribution < 1.29 is 4.79 Å². The van der Waals surface area contributed by atoms with Crippen LogP contribution in [-0.2, 0) is 4.79 Å². The average Bonchev–Trinajstić information content (AvgIpc) is 3.26. The summed E-state index contributed by atoms with van der Waals surface area (Å²) in [4.78, 5) is 9.97. The summed E-state index contributed by atoms with van der Waals surface area (Å²) in [6.45, 7) is 14.9. The van der Waals surface area contributed by atoms with Crippen molar-refractivity contribution >= 4 is 6.29 Å². The summed E-state index contributed by atoms with van der Waals surface area (Å²) in [5, 5.41) is 3.09. The fourth-order valence-electron chi connectivity index (χ4n) is 3.85. The molecule has 0 aromatic rings. The minimum Gasteiger partial charge on any atom is -0.316 e. The molecule has 0 spiro atoms. The molecule has 2 nitrogen and oxygen atoms in total. The topological polar surface area (TPSA) is 29.1 Å². The SMILES string of the molecule is C=C.CC/C=C\CC1C(CC)CCC1CC.O=CC1CCNC1. The van der Waals surface area contributed by atoms with E-state index >= 15 is 0 Å². The lowest BCUT2D eigenvalue weighted by Gasteiger charge is -2.22. The van der Waals surface area contributed by atoms with Gasteiger partial charge in [0.1, 0.15) is 6.29 Å². The highest BCUT2D eigenvalue weighted by molar-refractivity contribution is 5.54. The lowest BCUT2D eigenvalue weighted by molar-refractivity contribution is -0.110. The molecule has 23 heavy (non-hydrogen) atoms. The smallest absolute Gasteiger partial charge is 0.124 e. The largest absolute Gasteiger partial charge is 0.316 e. The van der Waals surface area contributed by atoms with E-state index in [-0.39, 0.29) is 0 Å². The Morgan fingerprint density at radius 3 is 1.96 bits per heavy atom. The summed E-state index contributed by atoms with van der Waals surface area (Å²) in [7, 11) is 0. The van der Waals surface area contributed by atoms with Crippen LogP contribution in [0, 0.1) is 23.7 Å². The third-order valence-corrected chi connectivity index (χ3v) is 5.27. The Labute approximate surface area is 144 Å². The number of carbonyl (C=O) groups is 1. The third-order valence-electron chi connectivity index (χ3n) is 5.27. The first-order chi connectivity index (χ1) is 11.3. The molecule has 0 amide bonds. The Kier molecular flexibility index (Phi) is 14.1. The van der Waals surface area contributed by atoms with Crippen molar-refractivity contribution in [1.29, 1.82) is 0 Å². The predicted octanol–water partition coefficient (Wildman–Crippen LogP) is 5.40. The van der Waals surface area contributed by atoms with Gasteiger partial charge >= 0.3 is 0 Å². The second-order valence-corrected chi connectivity index (χ2v) is 6.58. The number of aldehydes is 1. The van der Waals surface area contributed by atoms with E-state index in [9.17, 15) is 4.79 Å². The zero-order chi connectivity index (χ0) is 17.5. The van der Waals surface area contributed by atoms with Gasteiger partial charge in [-0.05, 0) is 56.4 Å². The van der Waals surface area contributed by atoms with Crippen molar-refractivity contribution in [3.63, 3.8) is 0 Å². The number of hydrogen-bond acceptors (Lipinski definition) is 2. The van der Waals surface area contributed by atoms with Gasteiger partial charge in [-0.1, -0.05) is 45.8 Å². The number of hydrogen-bond donors (Lipinski definition) is 1. The Morgan fingerprint density at radius 2 is 1.61 bits per heavy atom. The van der Waals surface area contributed by atoms with Crippen LogP contribution >= 0.6 is 0 Å². The fourth-order valence-corrected chi connectivity index (χ4v) is 3.85. The summed E-state index contributed by atoms with van der Waals surface area (Å²) < 4.78 is 0. The lowest BCUT2D eigenvalue weighted by atomic mass is 9.84. The first-order valence-corrected chi connectivity index (χ1v) is 9.57. The van der Waals surface area contributed by atoms with Crippen molar-refractivity contribution in [3.05, 3.63) is 25.3 Å². The van der Waals surface area contributed by atoms with Gasteiger partial charge in [-0.15, -0.1) is 13.2 Å². The quantitative estimate of drug-likeness (QED) is 0.524. The molecule has 1 aliphatic carbocycles. The standard InChI is InChI=1S/C14H26.C5H9NO.C2H4/c1-4-7-8-9-14-12(5-2)10-11-13(14)6-3;7-4-5-1-2-6-3-5;1-2/h7-8,12-14H,4-6,9-11H2,1-3H3;4-6H,1-3H2;1-2H2/b8-7-;;. The zero-order valence-electron chi connectivity index (χ0n) is 15.7. The van der Waals surface area contributed by atoms with Crippen molar-refractivity contribution in [1.82, 2.24) is 5.32 Å². The first kappa shape index (κ1) is 22.1. The molecule has 1 saturated carbocycles. The van der Waals surface area contributed by atoms with Crippen molar-refractivity contribution in [2.75, 3.05) is 13.1 Å². The van der Waals surface area contributed by atoms with Crippen LogP contribution in [0.2, 0.25) is 0 Å². The maximum Gasteiger partial charge on any atom is 0.124 e. The molecule has 0 radical (unpaired) electrons. The highest BCUT2D eigenvalue weighted by Gasteiger charge is 2.32. The number of rotatable bonds is 6. The number of nitrogens with one attached hydrogen (secondary N) is 1. The number of carbonyl (C=O) groups excluding carboxylic acids is 1. The van der Waals surface area contributed by atoms with E-state index in [0.29, 0.717) is 5.92 Å². The lowest BCUT2D eigenvalue weighted by Crippen LogP contribution is -2.13. The van der Waals surface area contributed by atoms with E-state index < -0.39 is 0 Å². The molecule has 0 bridgehead atoms. The molecule has 1 aliphatic heterocycles. The molecule has 134 valence electrons. The minimum absolute atomic E-state index is 0.306. The van der Waals surface area contributed by atoms with Gasteiger partial charge in [0.15, 0.2) is 0 Å². The van der Waals surface area contributed by atoms with Gasteiger partial charge in [-0.25, -0.2) is 0 Å². The maximum absolute atomic E-state index is 9.97. The highest BCUT2D eigenvalue weighted by Crippen LogP contribution is 2.42. The average molecular weight is 322 g/mol. The van der Waals surface area contributed by atoms with E-state index in [1.165, 1.54) is 38.5 Å². The van der Waals surface area contributed by atoms with Crippen LogP contribution in [0.1, 0.15) is 65.7 Å². The molecule has 3 unspecified atom stereocenters. The summed E-state index contributed by atoms with van der Waals surface area (Å²) >= 11 is 0. The van der Waals surface area contributed by atoms with E-state index in [1.807, 2.05) is 0 Å². The Morgan fingerprint density at radius 1 is 1.00 bits per heavy atom. The minimum atomic E-state index is 0.306. The highest BCUT2D eigenvalue weighted by atomic mass is 16.1. The van der Waals surface area contributed by atoms with Gasteiger partial charge in [-0.2, -0.15) is 0 Å². The summed E-state index contributed by atoms with van der Waals surface area (Å²) in [5.41, 5.74) is 0. The summed E-state index contributed by atoms with van der Waals surface area (Å²) in [5.74, 6) is 3.33. The van der Waals surface area contributed by atoms with Gasteiger partial charge in [0, 0.05) is 12.5 Å². The van der Waals surface area contributed by atoms with E-state index in [4.69, 9.17) is 0 Å². The fraction of sp³-hybridized carbons (Fsp3) is 0.762. The molecule has 1 N–H and O–H groups in total. The molecule has 2 heteroatoms. The van der Waals surface area contributed by atoms with Gasteiger partial charge in [0.05, 0.1) is 0 Å². The molecular formula is C21H39NO. The second-order valence-electron chi connectivity index (χ2n) is 6.58. The van der Waals surface area contributed by atoms with Gasteiger partial charge in [0.25, 0.3) is 0 Å². The van der Waals surface area contributed by atoms with Crippen molar-refractivity contribution in [3.8, 4) is 0 Å². The van der Waals surface area contributed by atoms with Crippen LogP contribution in [0.3, 0.4) is 0 Å². The van der Waals surface area contributed by atoms with Crippen LogP contribution in [-0.4, -0.2) is 19.4 Å². The molecule has 2 rings (SSSR count). The summed E-state index contributed by atoms with van der Waals surface area (Å²) in [6, 6.07) is 0. The van der Waals surface area contributed by atoms with Crippen LogP contribution < -0.4 is 5.32 Å². The van der Waals surface area contributed by atoms with Crippen LogP contribution in [0.25, 0.3) is 0 Å². The van der Waals surface area contributed by atoms with Crippen molar-refractivity contribution in [2.24, 2.45) is 23.7 Å². The second kappa shape index (κ2) is 14.7. The molecule has 2 aliphatic rings. The monoisotopic (exact) mass is 321 g/mol. The van der Waals surface area contributed by atoms with Crippen LogP contribution in [0.4, 0.5) is 0 Å². The molecule has 2 fully saturated rings. The Hall–Kier alpha value is -0.890. The first-order valence-electron chi connectivity index (χ1n) is 9.57. The molecule has 1 heterocycles. The van der Waals surface area contributed by atoms with Crippen molar-refractivity contribution in [2.45, 2.75) is 65.7 Å². The van der Waals surface area contributed by atoms with E-state index in [0.717, 1.165) is 43.6 Å². The van der Waals surface area contributed by atoms with E-state index in [1.54, 1.807) is 0 Å². The van der Waals surface area contributed by atoms with E-state index in [2.05, 4.69) is 51.4 Å². The maximum atomic E-state index is 9.97. The molecular weight excluding hydrogens is 282 g/mol. The van der Waals surface area contributed by atoms with Gasteiger partial charge in [0.2, 0.25) is 0 Å². The van der Waals surface area contributed by atoms with Gasteiger partial charge < -0.3 is 10.1 Å². The molecule has 1 saturated heterocycles. The van der Waals surface area contributed by atoms with Gasteiger partial charge in [-0.3, -0.25) is 0 Å². The third kappa shape index (κ3) is 8.50. The summed E-state index contributed by atoms with van der Waals surface area (Å²) in [6.07, 6.45) is 15.1. The molecule has 0 aromatic carbocycles. The number of allylic oxidation sites excluding steroid dienone is 2. The van der Waals surface area contributed by atoms with Crippen LogP contribution in [0.15, 0.2) is 25.3 Å².